The van der Waals surface area contributed by atoms with Gasteiger partial charge in [0.1, 0.15) is 0 Å². The zero-order chi connectivity index (χ0) is 12.8. The van der Waals surface area contributed by atoms with Gasteiger partial charge in [0, 0.05) is 23.6 Å². The van der Waals surface area contributed by atoms with Crippen LogP contribution in [0.4, 0.5) is 0 Å². The van der Waals surface area contributed by atoms with Crippen LogP contribution in [0, 0.1) is 6.92 Å². The van der Waals surface area contributed by atoms with Crippen LogP contribution in [0.2, 0.25) is 0 Å². The van der Waals surface area contributed by atoms with Crippen molar-refractivity contribution in [1.82, 2.24) is 4.57 Å². The Kier molecular flexibility index (Phi) is 2.70. The first-order chi connectivity index (χ1) is 8.60. The maximum atomic E-state index is 6.66. The molecule has 1 aromatic heterocycles. The highest BCUT2D eigenvalue weighted by molar-refractivity contribution is 5.82. The molecule has 1 aliphatic carbocycles. The van der Waals surface area contributed by atoms with Crippen LogP contribution < -0.4 is 5.73 Å². The smallest absolute Gasteiger partial charge is 0.0563 e. The number of benzene rings is 1. The van der Waals surface area contributed by atoms with E-state index < -0.39 is 0 Å². The molecule has 1 heterocycles. The van der Waals surface area contributed by atoms with Crippen molar-refractivity contribution < 1.29 is 0 Å². The van der Waals surface area contributed by atoms with Crippen LogP contribution in [0.15, 0.2) is 24.3 Å². The molecule has 1 aromatic carbocycles. The first-order valence-electron chi connectivity index (χ1n) is 6.96. The van der Waals surface area contributed by atoms with Gasteiger partial charge in [0.05, 0.1) is 5.54 Å². The Morgan fingerprint density at radius 3 is 2.56 bits per heavy atom. The maximum Gasteiger partial charge on any atom is 0.0563 e. The van der Waals surface area contributed by atoms with Gasteiger partial charge in [-0.05, 0) is 38.0 Å². The van der Waals surface area contributed by atoms with Crippen molar-refractivity contribution in [3.05, 3.63) is 35.5 Å². The van der Waals surface area contributed by atoms with Crippen molar-refractivity contribution in [3.8, 4) is 0 Å². The molecule has 0 unspecified atom stereocenters. The largest absolute Gasteiger partial charge is 0.346 e. The Bertz CT molecular complexity index is 574. The zero-order valence-corrected chi connectivity index (χ0v) is 11.4. The Labute approximate surface area is 109 Å². The zero-order valence-electron chi connectivity index (χ0n) is 11.4. The van der Waals surface area contributed by atoms with Gasteiger partial charge >= 0.3 is 0 Å². The summed E-state index contributed by atoms with van der Waals surface area (Å²) in [7, 11) is 2.15. The van der Waals surface area contributed by atoms with E-state index in [0.717, 1.165) is 12.8 Å². The first kappa shape index (κ1) is 11.8. The van der Waals surface area contributed by atoms with E-state index in [9.17, 15) is 0 Å². The quantitative estimate of drug-likeness (QED) is 0.813. The molecule has 0 atom stereocenters. The van der Waals surface area contributed by atoms with E-state index >= 15 is 0 Å². The van der Waals surface area contributed by atoms with Crippen molar-refractivity contribution in [3.63, 3.8) is 0 Å². The molecular weight excluding hydrogens is 220 g/mol. The van der Waals surface area contributed by atoms with Crippen molar-refractivity contribution >= 4 is 10.9 Å². The molecule has 0 amide bonds. The lowest BCUT2D eigenvalue weighted by Crippen LogP contribution is -2.40. The van der Waals surface area contributed by atoms with Crippen LogP contribution in [0.1, 0.15) is 43.4 Å². The molecule has 0 aliphatic heterocycles. The van der Waals surface area contributed by atoms with E-state index in [0.29, 0.717) is 0 Å². The summed E-state index contributed by atoms with van der Waals surface area (Å²) < 4.78 is 2.29. The SMILES string of the molecule is Cc1ccc2c(c1)cc(C1(N)CCCCC1)n2C. The van der Waals surface area contributed by atoms with Gasteiger partial charge in [0.25, 0.3) is 0 Å². The average Bonchev–Trinajstić information content (AvgIpc) is 2.68. The number of hydrogen-bond acceptors (Lipinski definition) is 1. The third kappa shape index (κ3) is 1.76. The molecule has 2 nitrogen and oxygen atoms in total. The Hall–Kier alpha value is -1.28. The standard InChI is InChI=1S/C16H22N2/c1-12-6-7-14-13(10-12)11-15(18(14)2)16(17)8-4-3-5-9-16/h6-7,10-11H,3-5,8-9,17H2,1-2H3. The van der Waals surface area contributed by atoms with Gasteiger partial charge in [-0.3, -0.25) is 0 Å². The van der Waals surface area contributed by atoms with Crippen LogP contribution in [-0.4, -0.2) is 4.57 Å². The van der Waals surface area contributed by atoms with Gasteiger partial charge in [-0.15, -0.1) is 0 Å². The highest BCUT2D eigenvalue weighted by atomic mass is 15.0. The topological polar surface area (TPSA) is 30.9 Å². The molecule has 3 rings (SSSR count). The van der Waals surface area contributed by atoms with Crippen LogP contribution in [0.3, 0.4) is 0 Å². The van der Waals surface area contributed by atoms with E-state index in [-0.39, 0.29) is 5.54 Å². The van der Waals surface area contributed by atoms with Gasteiger partial charge in [-0.1, -0.05) is 30.9 Å². The highest BCUT2D eigenvalue weighted by Crippen LogP contribution is 2.37. The third-order valence-corrected chi connectivity index (χ3v) is 4.45. The summed E-state index contributed by atoms with van der Waals surface area (Å²) >= 11 is 0. The molecule has 18 heavy (non-hydrogen) atoms. The molecule has 2 aromatic rings. The minimum absolute atomic E-state index is 0.111. The predicted octanol–water partition coefficient (Wildman–Crippen LogP) is 3.60. The maximum absolute atomic E-state index is 6.66. The predicted molar refractivity (Wildman–Crippen MR) is 76.6 cm³/mol. The van der Waals surface area contributed by atoms with E-state index in [1.54, 1.807) is 0 Å². The molecule has 96 valence electrons. The number of aromatic nitrogens is 1. The molecule has 0 radical (unpaired) electrons. The lowest BCUT2D eigenvalue weighted by Gasteiger charge is -2.34. The van der Waals surface area contributed by atoms with Crippen LogP contribution in [-0.2, 0) is 12.6 Å². The minimum atomic E-state index is -0.111. The Morgan fingerprint density at radius 1 is 1.11 bits per heavy atom. The summed E-state index contributed by atoms with van der Waals surface area (Å²) in [5, 5.41) is 1.32. The van der Waals surface area contributed by atoms with Crippen LogP contribution in [0.25, 0.3) is 10.9 Å². The van der Waals surface area contributed by atoms with Crippen LogP contribution >= 0.6 is 0 Å². The lowest BCUT2D eigenvalue weighted by atomic mass is 9.80. The number of hydrogen-bond donors (Lipinski definition) is 1. The number of rotatable bonds is 1. The van der Waals surface area contributed by atoms with E-state index in [4.69, 9.17) is 5.73 Å². The second-order valence-electron chi connectivity index (χ2n) is 5.87. The lowest BCUT2D eigenvalue weighted by molar-refractivity contribution is 0.290. The van der Waals surface area contributed by atoms with E-state index in [1.807, 2.05) is 0 Å². The first-order valence-corrected chi connectivity index (χ1v) is 6.96. The van der Waals surface area contributed by atoms with E-state index in [1.165, 1.54) is 41.4 Å². The second kappa shape index (κ2) is 4.13. The van der Waals surface area contributed by atoms with Gasteiger partial charge in [-0.25, -0.2) is 0 Å². The summed E-state index contributed by atoms with van der Waals surface area (Å²) in [5.41, 5.74) is 10.5. The number of fused-ring (bicyclic) bond motifs is 1. The van der Waals surface area contributed by atoms with Crippen molar-refractivity contribution in [2.24, 2.45) is 12.8 Å². The Morgan fingerprint density at radius 2 is 1.83 bits per heavy atom. The fourth-order valence-electron chi connectivity index (χ4n) is 3.39. The van der Waals surface area contributed by atoms with Crippen molar-refractivity contribution in [2.45, 2.75) is 44.6 Å². The van der Waals surface area contributed by atoms with Gasteiger partial charge in [-0.2, -0.15) is 0 Å². The molecule has 2 N–H and O–H groups in total. The van der Waals surface area contributed by atoms with Crippen molar-refractivity contribution in [2.75, 3.05) is 0 Å². The van der Waals surface area contributed by atoms with Gasteiger partial charge in [0.2, 0.25) is 0 Å². The second-order valence-corrected chi connectivity index (χ2v) is 5.87. The molecule has 1 fully saturated rings. The molecule has 0 saturated heterocycles. The molecule has 0 bridgehead atoms. The summed E-state index contributed by atoms with van der Waals surface area (Å²) in [4.78, 5) is 0. The monoisotopic (exact) mass is 242 g/mol. The van der Waals surface area contributed by atoms with Crippen molar-refractivity contribution in [1.29, 1.82) is 0 Å². The fourth-order valence-corrected chi connectivity index (χ4v) is 3.39. The molecule has 1 saturated carbocycles. The highest BCUT2D eigenvalue weighted by Gasteiger charge is 2.32. The van der Waals surface area contributed by atoms with E-state index in [2.05, 4.69) is 42.8 Å². The normalized spacial score (nSPS) is 19.3. The Balaban J connectivity index is 2.14. The molecular formula is C16H22N2. The summed E-state index contributed by atoms with van der Waals surface area (Å²) in [6.07, 6.45) is 6.10. The van der Waals surface area contributed by atoms with Gasteiger partial charge in [0.15, 0.2) is 0 Å². The summed E-state index contributed by atoms with van der Waals surface area (Å²) in [5.74, 6) is 0. The number of nitrogens with zero attached hydrogens (tertiary/aromatic N) is 1. The third-order valence-electron chi connectivity index (χ3n) is 4.45. The minimum Gasteiger partial charge on any atom is -0.346 e. The average molecular weight is 242 g/mol. The fraction of sp³-hybridized carbons (Fsp3) is 0.500. The molecule has 1 aliphatic rings. The molecule has 2 heteroatoms. The summed E-state index contributed by atoms with van der Waals surface area (Å²) in [6.45, 7) is 2.14. The number of nitrogens with two attached hydrogens (primary N) is 1. The van der Waals surface area contributed by atoms with Gasteiger partial charge < -0.3 is 10.3 Å². The number of aryl methyl sites for hydroxylation is 2. The van der Waals surface area contributed by atoms with Crippen LogP contribution in [0.5, 0.6) is 0 Å². The molecule has 0 spiro atoms. The summed E-state index contributed by atoms with van der Waals surface area (Å²) in [6, 6.07) is 8.94.